The number of amides is 1. The molecule has 1 aliphatic carbocycles. The number of carbonyl (C=O) groups excluding carboxylic acids is 2. The van der Waals surface area contributed by atoms with Gasteiger partial charge in [0.1, 0.15) is 11.5 Å². The Kier molecular flexibility index (Phi) is 5.93. The molecule has 0 saturated heterocycles. The van der Waals surface area contributed by atoms with E-state index in [9.17, 15) is 19.5 Å². The molecule has 0 fully saturated rings. The van der Waals surface area contributed by atoms with Crippen LogP contribution in [0.5, 0.6) is 11.5 Å². The number of anilines is 1. The summed E-state index contributed by atoms with van der Waals surface area (Å²) in [4.78, 5) is 39.4. The summed E-state index contributed by atoms with van der Waals surface area (Å²) in [7, 11) is 3.08. The smallest absolute Gasteiger partial charge is 0.335 e. The summed E-state index contributed by atoms with van der Waals surface area (Å²) >= 11 is 6.37. The van der Waals surface area contributed by atoms with Crippen molar-refractivity contribution in [1.82, 2.24) is 0 Å². The van der Waals surface area contributed by atoms with Crippen molar-refractivity contribution in [3.05, 3.63) is 63.8 Å². The van der Waals surface area contributed by atoms with Crippen LogP contribution in [0.3, 0.4) is 0 Å². The minimum atomic E-state index is -1.12. The second-order valence-electron chi connectivity index (χ2n) is 7.70. The number of ketones is 1. The summed E-state index contributed by atoms with van der Waals surface area (Å²) in [5.41, 5.74) is 2.15. The number of allylic oxidation sites excluding steroid dienone is 2. The van der Waals surface area contributed by atoms with E-state index in [-0.39, 0.29) is 34.4 Å². The largest absolute Gasteiger partial charge is 0.497 e. The standard InChI is InChI=1S/C24H22ClNO6/c1-31-14-7-8-15(21(11-14)32-2)16-12-22(28)26(18-4-3-5-20(27)23(16)18)19-10-13(24(29)30)6-9-17(19)25/h6-11,16H,3-5,12H2,1-2H3,(H,29,30). The number of halogens is 1. The van der Waals surface area contributed by atoms with Crippen LogP contribution in [0.25, 0.3) is 0 Å². The van der Waals surface area contributed by atoms with Gasteiger partial charge in [0.25, 0.3) is 0 Å². The van der Waals surface area contributed by atoms with Crippen LogP contribution in [-0.4, -0.2) is 37.0 Å². The third-order valence-electron chi connectivity index (χ3n) is 5.93. The van der Waals surface area contributed by atoms with Gasteiger partial charge in [-0.2, -0.15) is 0 Å². The maximum absolute atomic E-state index is 13.4. The molecule has 4 rings (SSSR count). The first kappa shape index (κ1) is 21.9. The van der Waals surface area contributed by atoms with Crippen LogP contribution in [0.2, 0.25) is 5.02 Å². The lowest BCUT2D eigenvalue weighted by Crippen LogP contribution is -2.40. The average Bonchev–Trinajstić information content (AvgIpc) is 2.78. The number of carbonyl (C=O) groups is 3. The lowest BCUT2D eigenvalue weighted by atomic mass is 9.76. The highest BCUT2D eigenvalue weighted by atomic mass is 35.5. The fraction of sp³-hybridized carbons (Fsp3) is 0.292. The van der Waals surface area contributed by atoms with Crippen LogP contribution in [-0.2, 0) is 9.59 Å². The maximum atomic E-state index is 13.4. The molecule has 2 aromatic carbocycles. The number of methoxy groups -OCH3 is 2. The van der Waals surface area contributed by atoms with Gasteiger partial charge in [-0.25, -0.2) is 4.79 Å². The number of aromatic carboxylic acids is 1. The lowest BCUT2D eigenvalue weighted by Gasteiger charge is -2.39. The summed E-state index contributed by atoms with van der Waals surface area (Å²) in [5, 5.41) is 9.64. The van der Waals surface area contributed by atoms with E-state index in [1.807, 2.05) is 6.07 Å². The lowest BCUT2D eigenvalue weighted by molar-refractivity contribution is -0.119. The van der Waals surface area contributed by atoms with Crippen molar-refractivity contribution in [2.45, 2.75) is 31.6 Å². The molecular formula is C24H22ClNO6. The molecule has 0 radical (unpaired) electrons. The molecule has 1 unspecified atom stereocenters. The minimum absolute atomic E-state index is 0.0143. The number of nitrogens with zero attached hydrogens (tertiary/aromatic N) is 1. The summed E-state index contributed by atoms with van der Waals surface area (Å²) in [6.45, 7) is 0. The summed E-state index contributed by atoms with van der Waals surface area (Å²) in [6, 6.07) is 9.53. The molecule has 7 nitrogen and oxygen atoms in total. The van der Waals surface area contributed by atoms with Gasteiger partial charge in [-0.05, 0) is 37.1 Å². The first-order valence-corrected chi connectivity index (χ1v) is 10.6. The molecule has 32 heavy (non-hydrogen) atoms. The number of carboxylic acid groups (broad SMARTS) is 1. The first-order valence-electron chi connectivity index (χ1n) is 10.2. The number of benzene rings is 2. The molecule has 2 aliphatic rings. The van der Waals surface area contributed by atoms with E-state index in [1.54, 1.807) is 19.2 Å². The van der Waals surface area contributed by atoms with Gasteiger partial charge in [0.05, 0.1) is 30.5 Å². The number of hydrogen-bond acceptors (Lipinski definition) is 5. The fourth-order valence-electron chi connectivity index (χ4n) is 4.46. The van der Waals surface area contributed by atoms with E-state index in [4.69, 9.17) is 21.1 Å². The fourth-order valence-corrected chi connectivity index (χ4v) is 4.66. The van der Waals surface area contributed by atoms with Gasteiger partial charge < -0.3 is 14.6 Å². The first-order chi connectivity index (χ1) is 15.3. The van der Waals surface area contributed by atoms with E-state index in [0.717, 1.165) is 5.56 Å². The third-order valence-corrected chi connectivity index (χ3v) is 6.24. The van der Waals surface area contributed by atoms with Gasteiger partial charge in [-0.15, -0.1) is 0 Å². The molecule has 0 spiro atoms. The quantitative estimate of drug-likeness (QED) is 0.709. The highest BCUT2D eigenvalue weighted by Gasteiger charge is 2.41. The van der Waals surface area contributed by atoms with Gasteiger partial charge in [0, 0.05) is 41.7 Å². The number of carboxylic acids is 1. The van der Waals surface area contributed by atoms with E-state index < -0.39 is 11.9 Å². The normalized spacial score (nSPS) is 18.5. The van der Waals surface area contributed by atoms with Gasteiger partial charge in [-0.3, -0.25) is 14.5 Å². The van der Waals surface area contributed by atoms with Crippen LogP contribution in [0.15, 0.2) is 47.7 Å². The number of ether oxygens (including phenoxy) is 2. The Labute approximate surface area is 190 Å². The third kappa shape index (κ3) is 3.73. The van der Waals surface area contributed by atoms with Crippen molar-refractivity contribution >= 4 is 34.9 Å². The summed E-state index contributed by atoms with van der Waals surface area (Å²) in [5.74, 6) is -0.739. The molecule has 8 heteroatoms. The zero-order valence-electron chi connectivity index (χ0n) is 17.7. The van der Waals surface area contributed by atoms with Crippen molar-refractivity contribution in [2.75, 3.05) is 19.1 Å². The summed E-state index contributed by atoms with van der Waals surface area (Å²) in [6.07, 6.45) is 1.53. The van der Waals surface area contributed by atoms with Crippen molar-refractivity contribution in [2.24, 2.45) is 0 Å². The Morgan fingerprint density at radius 2 is 1.88 bits per heavy atom. The topological polar surface area (TPSA) is 93.1 Å². The van der Waals surface area contributed by atoms with E-state index in [0.29, 0.717) is 42.0 Å². The predicted molar refractivity (Wildman–Crippen MR) is 119 cm³/mol. The minimum Gasteiger partial charge on any atom is -0.497 e. The molecule has 1 N–H and O–H groups in total. The predicted octanol–water partition coefficient (Wildman–Crippen LogP) is 4.58. The monoisotopic (exact) mass is 455 g/mol. The number of rotatable bonds is 5. The Hall–Kier alpha value is -3.32. The Balaban J connectivity index is 1.89. The zero-order chi connectivity index (χ0) is 23.0. The highest BCUT2D eigenvalue weighted by Crippen LogP contribution is 2.47. The van der Waals surface area contributed by atoms with Crippen molar-refractivity contribution in [1.29, 1.82) is 0 Å². The van der Waals surface area contributed by atoms with Crippen LogP contribution in [0, 0.1) is 0 Å². The van der Waals surface area contributed by atoms with Crippen molar-refractivity contribution < 1.29 is 29.0 Å². The van der Waals surface area contributed by atoms with Crippen LogP contribution in [0.4, 0.5) is 5.69 Å². The Morgan fingerprint density at radius 1 is 1.09 bits per heavy atom. The molecule has 1 amide bonds. The number of hydrogen-bond donors (Lipinski definition) is 1. The maximum Gasteiger partial charge on any atom is 0.335 e. The molecule has 2 aromatic rings. The van der Waals surface area contributed by atoms with Gasteiger partial charge in [0.2, 0.25) is 5.91 Å². The molecular weight excluding hydrogens is 434 g/mol. The summed E-state index contributed by atoms with van der Waals surface area (Å²) < 4.78 is 10.8. The second kappa shape index (κ2) is 8.67. The molecule has 166 valence electrons. The Bertz CT molecular complexity index is 1160. The average molecular weight is 456 g/mol. The SMILES string of the molecule is COc1ccc(C2CC(=O)N(c3cc(C(=O)O)ccc3Cl)C3=C2C(=O)CCC3)c(OC)c1. The molecule has 0 saturated carbocycles. The van der Waals surface area contributed by atoms with Crippen LogP contribution < -0.4 is 14.4 Å². The van der Waals surface area contributed by atoms with Crippen LogP contribution >= 0.6 is 11.6 Å². The molecule has 1 aliphatic heterocycles. The number of Topliss-reactive ketones (excluding diaryl/α,β-unsaturated/α-hetero) is 1. The Morgan fingerprint density at radius 3 is 2.56 bits per heavy atom. The highest BCUT2D eigenvalue weighted by molar-refractivity contribution is 6.34. The second-order valence-corrected chi connectivity index (χ2v) is 8.11. The van der Waals surface area contributed by atoms with Crippen molar-refractivity contribution in [3.8, 4) is 11.5 Å². The van der Waals surface area contributed by atoms with E-state index >= 15 is 0 Å². The van der Waals surface area contributed by atoms with E-state index in [2.05, 4.69) is 0 Å². The van der Waals surface area contributed by atoms with Crippen LogP contribution in [0.1, 0.15) is 47.5 Å². The molecule has 1 heterocycles. The van der Waals surface area contributed by atoms with E-state index in [1.165, 1.54) is 30.2 Å². The van der Waals surface area contributed by atoms with Gasteiger partial charge in [-0.1, -0.05) is 17.7 Å². The van der Waals surface area contributed by atoms with Crippen molar-refractivity contribution in [3.63, 3.8) is 0 Å². The molecule has 0 aromatic heterocycles. The molecule has 1 atom stereocenters. The van der Waals surface area contributed by atoms with Gasteiger partial charge in [0.15, 0.2) is 5.78 Å². The zero-order valence-corrected chi connectivity index (χ0v) is 18.4. The molecule has 0 bridgehead atoms. The van der Waals surface area contributed by atoms with Gasteiger partial charge >= 0.3 is 5.97 Å².